The molecule has 1 fully saturated rings. The summed E-state index contributed by atoms with van der Waals surface area (Å²) in [5.74, 6) is -0.166. The summed E-state index contributed by atoms with van der Waals surface area (Å²) in [5, 5.41) is 11.1. The van der Waals surface area contributed by atoms with Gasteiger partial charge in [-0.15, -0.1) is 16.4 Å². The highest BCUT2D eigenvalue weighted by molar-refractivity contribution is 7.91. The topological polar surface area (TPSA) is 115 Å². The molecule has 3 rings (SSSR count). The van der Waals surface area contributed by atoms with Gasteiger partial charge in [0.05, 0.1) is 23.4 Å². The number of hydrogen-bond acceptors (Lipinski definition) is 7. The minimum atomic E-state index is -3.06. The first-order chi connectivity index (χ1) is 9.96. The van der Waals surface area contributed by atoms with E-state index >= 15 is 0 Å². The lowest BCUT2D eigenvalue weighted by Gasteiger charge is -2.22. The van der Waals surface area contributed by atoms with Gasteiger partial charge in [0.25, 0.3) is 5.91 Å². The predicted octanol–water partition coefficient (Wildman–Crippen LogP) is 0.580. The molecule has 0 saturated carbocycles. The maximum atomic E-state index is 12.3. The number of carbonyl (C=O) groups is 1. The molecular weight excluding hydrogens is 312 g/mol. The Morgan fingerprint density at radius 3 is 3.00 bits per heavy atom. The van der Waals surface area contributed by atoms with Crippen molar-refractivity contribution >= 4 is 43.0 Å². The average Bonchev–Trinajstić information content (AvgIpc) is 2.76. The number of anilines is 1. The Bertz CT molecular complexity index is 800. The van der Waals surface area contributed by atoms with Gasteiger partial charge < -0.3 is 11.1 Å². The van der Waals surface area contributed by atoms with Crippen molar-refractivity contribution in [3.05, 3.63) is 17.1 Å². The van der Waals surface area contributed by atoms with Crippen molar-refractivity contribution in [1.82, 2.24) is 15.5 Å². The molecular formula is C12H14N4O3S2. The monoisotopic (exact) mass is 326 g/mol. The SMILES string of the molecule is Nc1c(C(=O)NC2CCCS(=O)(=O)C2)sc2nnccc12. The number of thiophene rings is 1. The fraction of sp³-hybridized carbons (Fsp3) is 0.417. The summed E-state index contributed by atoms with van der Waals surface area (Å²) in [4.78, 5) is 13.2. The van der Waals surface area contributed by atoms with Crippen LogP contribution < -0.4 is 11.1 Å². The molecule has 3 heterocycles. The third-order valence-corrected chi connectivity index (χ3v) is 6.35. The second kappa shape index (κ2) is 5.23. The number of nitrogens with zero attached hydrogens (tertiary/aromatic N) is 2. The van der Waals surface area contributed by atoms with Gasteiger partial charge in [-0.05, 0) is 18.9 Å². The Labute approximate surface area is 125 Å². The zero-order chi connectivity index (χ0) is 15.0. The smallest absolute Gasteiger partial charge is 0.263 e. The number of amides is 1. The molecule has 1 aliphatic rings. The molecule has 1 unspecified atom stereocenters. The summed E-state index contributed by atoms with van der Waals surface area (Å²) in [6, 6.07) is 1.35. The van der Waals surface area contributed by atoms with E-state index in [1.165, 1.54) is 6.20 Å². The molecule has 1 amide bonds. The Hall–Kier alpha value is -1.74. The Balaban J connectivity index is 1.82. The number of rotatable bonds is 2. The fourth-order valence-electron chi connectivity index (χ4n) is 2.43. The van der Waals surface area contributed by atoms with Crippen molar-refractivity contribution in [2.24, 2.45) is 0 Å². The predicted molar refractivity (Wildman–Crippen MR) is 81.0 cm³/mol. The van der Waals surface area contributed by atoms with Gasteiger partial charge in [-0.3, -0.25) is 4.79 Å². The minimum Gasteiger partial charge on any atom is -0.397 e. The largest absolute Gasteiger partial charge is 0.397 e. The second-order valence-electron chi connectivity index (χ2n) is 5.02. The molecule has 0 bridgehead atoms. The quantitative estimate of drug-likeness (QED) is 0.834. The number of nitrogen functional groups attached to an aromatic ring is 1. The Morgan fingerprint density at radius 2 is 2.29 bits per heavy atom. The first-order valence-corrected chi connectivity index (χ1v) is 9.11. The van der Waals surface area contributed by atoms with E-state index in [0.717, 1.165) is 11.3 Å². The molecule has 0 aliphatic carbocycles. The molecule has 0 aromatic carbocycles. The molecule has 9 heteroatoms. The number of nitrogens with one attached hydrogen (secondary N) is 1. The summed E-state index contributed by atoms with van der Waals surface area (Å²) >= 11 is 1.16. The van der Waals surface area contributed by atoms with E-state index in [1.807, 2.05) is 0 Å². The first kappa shape index (κ1) is 14.2. The molecule has 0 radical (unpaired) electrons. The van der Waals surface area contributed by atoms with Crippen LogP contribution in [0, 0.1) is 0 Å². The number of fused-ring (bicyclic) bond motifs is 1. The Morgan fingerprint density at radius 1 is 1.48 bits per heavy atom. The summed E-state index contributed by atoms with van der Waals surface area (Å²) < 4.78 is 23.2. The maximum absolute atomic E-state index is 12.3. The fourth-order valence-corrected chi connectivity index (χ4v) is 5.01. The summed E-state index contributed by atoms with van der Waals surface area (Å²) in [7, 11) is -3.06. The standard InChI is InChI=1S/C12H14N4O3S2/c13-9-8-3-4-14-16-12(8)20-10(9)11(17)15-7-2-1-5-21(18,19)6-7/h3-4,7H,1-2,5-6,13H2,(H,15,17). The van der Waals surface area contributed by atoms with E-state index in [9.17, 15) is 13.2 Å². The number of carbonyl (C=O) groups excluding carboxylic acids is 1. The molecule has 2 aromatic heterocycles. The number of hydrogen-bond donors (Lipinski definition) is 2. The van der Waals surface area contributed by atoms with E-state index in [0.29, 0.717) is 33.6 Å². The van der Waals surface area contributed by atoms with E-state index in [2.05, 4.69) is 15.5 Å². The van der Waals surface area contributed by atoms with Crippen molar-refractivity contribution < 1.29 is 13.2 Å². The van der Waals surface area contributed by atoms with E-state index in [1.54, 1.807) is 6.07 Å². The van der Waals surface area contributed by atoms with Crippen LogP contribution in [0.25, 0.3) is 10.2 Å². The Kier molecular flexibility index (Phi) is 3.54. The van der Waals surface area contributed by atoms with Crippen molar-refractivity contribution in [1.29, 1.82) is 0 Å². The van der Waals surface area contributed by atoms with Crippen LogP contribution in [0.3, 0.4) is 0 Å². The summed E-state index contributed by atoms with van der Waals surface area (Å²) in [5.41, 5.74) is 6.32. The van der Waals surface area contributed by atoms with Gasteiger partial charge in [-0.2, -0.15) is 5.10 Å². The van der Waals surface area contributed by atoms with Crippen molar-refractivity contribution in [2.45, 2.75) is 18.9 Å². The van der Waals surface area contributed by atoms with Crippen LogP contribution in [0.2, 0.25) is 0 Å². The van der Waals surface area contributed by atoms with Gasteiger partial charge in [-0.1, -0.05) is 0 Å². The molecule has 1 aliphatic heterocycles. The molecule has 2 aromatic rings. The van der Waals surface area contributed by atoms with Gasteiger partial charge in [0.15, 0.2) is 9.84 Å². The molecule has 3 N–H and O–H groups in total. The third kappa shape index (κ3) is 2.84. The normalized spacial score (nSPS) is 21.2. The summed E-state index contributed by atoms with van der Waals surface area (Å²) in [6.45, 7) is 0. The second-order valence-corrected chi connectivity index (χ2v) is 8.25. The molecule has 21 heavy (non-hydrogen) atoms. The first-order valence-electron chi connectivity index (χ1n) is 6.47. The van der Waals surface area contributed by atoms with Gasteiger partial charge >= 0.3 is 0 Å². The van der Waals surface area contributed by atoms with Crippen LogP contribution in [-0.4, -0.2) is 42.1 Å². The summed E-state index contributed by atoms with van der Waals surface area (Å²) in [6.07, 6.45) is 2.75. The van der Waals surface area contributed by atoms with Crippen LogP contribution in [0.5, 0.6) is 0 Å². The van der Waals surface area contributed by atoms with Crippen molar-refractivity contribution in [3.8, 4) is 0 Å². The van der Waals surface area contributed by atoms with E-state index in [-0.39, 0.29) is 23.5 Å². The van der Waals surface area contributed by atoms with Crippen molar-refractivity contribution in [3.63, 3.8) is 0 Å². The van der Waals surface area contributed by atoms with Crippen molar-refractivity contribution in [2.75, 3.05) is 17.2 Å². The zero-order valence-corrected chi connectivity index (χ0v) is 12.7. The van der Waals surface area contributed by atoms with E-state index < -0.39 is 9.84 Å². The maximum Gasteiger partial charge on any atom is 0.263 e. The highest BCUT2D eigenvalue weighted by Crippen LogP contribution is 2.31. The molecule has 1 atom stereocenters. The van der Waals surface area contributed by atoms with Gasteiger partial charge in [0, 0.05) is 11.4 Å². The lowest BCUT2D eigenvalue weighted by atomic mass is 10.2. The lowest BCUT2D eigenvalue weighted by molar-refractivity contribution is 0.0943. The molecule has 0 spiro atoms. The minimum absolute atomic E-state index is 0.0106. The van der Waals surface area contributed by atoms with E-state index in [4.69, 9.17) is 5.73 Å². The third-order valence-electron chi connectivity index (χ3n) is 3.42. The van der Waals surface area contributed by atoms with Crippen LogP contribution in [0.15, 0.2) is 12.3 Å². The van der Waals surface area contributed by atoms with Gasteiger partial charge in [-0.25, -0.2) is 8.42 Å². The highest BCUT2D eigenvalue weighted by Gasteiger charge is 2.27. The van der Waals surface area contributed by atoms with Crippen LogP contribution in [0.4, 0.5) is 5.69 Å². The van der Waals surface area contributed by atoms with Gasteiger partial charge in [0.2, 0.25) is 0 Å². The molecule has 1 saturated heterocycles. The number of nitrogens with two attached hydrogens (primary N) is 1. The molecule has 7 nitrogen and oxygen atoms in total. The average molecular weight is 326 g/mol. The lowest BCUT2D eigenvalue weighted by Crippen LogP contribution is -2.43. The molecule has 112 valence electrons. The highest BCUT2D eigenvalue weighted by atomic mass is 32.2. The van der Waals surface area contributed by atoms with Crippen LogP contribution >= 0.6 is 11.3 Å². The number of aromatic nitrogens is 2. The van der Waals surface area contributed by atoms with Crippen LogP contribution in [0.1, 0.15) is 22.5 Å². The number of sulfone groups is 1. The zero-order valence-electron chi connectivity index (χ0n) is 11.1. The van der Waals surface area contributed by atoms with Gasteiger partial charge in [0.1, 0.15) is 9.71 Å². The van der Waals surface area contributed by atoms with Crippen LogP contribution in [-0.2, 0) is 9.84 Å².